The van der Waals surface area contributed by atoms with E-state index < -0.39 is 0 Å². The second-order valence-corrected chi connectivity index (χ2v) is 4.12. The number of H-pyrrole nitrogens is 1. The van der Waals surface area contributed by atoms with Gasteiger partial charge in [0.25, 0.3) is 0 Å². The topological polar surface area (TPSA) is 53.8 Å². The number of hydrogen-bond donors (Lipinski definition) is 3. The Morgan fingerprint density at radius 2 is 2.20 bits per heavy atom. The lowest BCUT2D eigenvalue weighted by molar-refractivity contribution is 0.590. The summed E-state index contributed by atoms with van der Waals surface area (Å²) in [5.41, 5.74) is 8.99. The molecular weight excluding hydrogens is 186 g/mol. The number of para-hydroxylation sites is 1. The van der Waals surface area contributed by atoms with Crippen molar-refractivity contribution in [3.05, 3.63) is 30.0 Å². The van der Waals surface area contributed by atoms with Gasteiger partial charge < -0.3 is 16.0 Å². The van der Waals surface area contributed by atoms with Gasteiger partial charge in [-0.15, -0.1) is 0 Å². The summed E-state index contributed by atoms with van der Waals surface area (Å²) in [6, 6.07) is 6.50. The molecule has 0 amide bonds. The molecule has 0 fully saturated rings. The van der Waals surface area contributed by atoms with E-state index in [1.807, 2.05) is 18.3 Å². The Balaban J connectivity index is 2.33. The molecule has 3 nitrogen and oxygen atoms in total. The van der Waals surface area contributed by atoms with Gasteiger partial charge in [0.05, 0.1) is 11.2 Å². The summed E-state index contributed by atoms with van der Waals surface area (Å²) in [6.07, 6.45) is 2.02. The van der Waals surface area contributed by atoms with Gasteiger partial charge >= 0.3 is 0 Å². The Morgan fingerprint density at radius 1 is 1.40 bits per heavy atom. The van der Waals surface area contributed by atoms with Gasteiger partial charge in [0, 0.05) is 24.2 Å². The monoisotopic (exact) mass is 203 g/mol. The van der Waals surface area contributed by atoms with Crippen molar-refractivity contribution in [1.82, 2.24) is 10.3 Å². The van der Waals surface area contributed by atoms with Gasteiger partial charge in [-0.05, 0) is 11.6 Å². The van der Waals surface area contributed by atoms with E-state index in [-0.39, 0.29) is 0 Å². The lowest BCUT2D eigenvalue weighted by Crippen LogP contribution is -2.21. The van der Waals surface area contributed by atoms with Crippen LogP contribution in [0, 0.1) is 0 Å². The van der Waals surface area contributed by atoms with E-state index in [0.717, 1.165) is 17.7 Å². The van der Waals surface area contributed by atoms with Gasteiger partial charge in [-0.3, -0.25) is 0 Å². The van der Waals surface area contributed by atoms with Crippen LogP contribution in [0.4, 0.5) is 5.69 Å². The first-order valence-electron chi connectivity index (χ1n) is 5.26. The van der Waals surface area contributed by atoms with Crippen molar-refractivity contribution in [2.45, 2.75) is 26.4 Å². The maximum Gasteiger partial charge on any atom is 0.0690 e. The van der Waals surface area contributed by atoms with Crippen LogP contribution in [-0.2, 0) is 6.54 Å². The second-order valence-electron chi connectivity index (χ2n) is 4.12. The first-order valence-corrected chi connectivity index (χ1v) is 5.26. The van der Waals surface area contributed by atoms with Gasteiger partial charge in [-0.25, -0.2) is 0 Å². The maximum absolute atomic E-state index is 5.87. The molecule has 0 saturated heterocycles. The minimum Gasteiger partial charge on any atom is -0.397 e. The summed E-state index contributed by atoms with van der Waals surface area (Å²) in [4.78, 5) is 3.22. The normalized spacial score (nSPS) is 11.4. The van der Waals surface area contributed by atoms with E-state index in [4.69, 9.17) is 5.73 Å². The van der Waals surface area contributed by atoms with E-state index in [1.165, 1.54) is 10.9 Å². The summed E-state index contributed by atoms with van der Waals surface area (Å²) < 4.78 is 0. The average molecular weight is 203 g/mol. The third kappa shape index (κ3) is 1.97. The lowest BCUT2D eigenvalue weighted by atomic mass is 10.1. The number of hydrogen-bond acceptors (Lipinski definition) is 2. The van der Waals surface area contributed by atoms with E-state index in [9.17, 15) is 0 Å². The molecule has 0 atom stereocenters. The average Bonchev–Trinajstić information content (AvgIpc) is 2.59. The molecule has 0 radical (unpaired) electrons. The number of aromatic nitrogens is 1. The highest BCUT2D eigenvalue weighted by atomic mass is 14.9. The lowest BCUT2D eigenvalue weighted by Gasteiger charge is -2.06. The van der Waals surface area contributed by atoms with E-state index in [2.05, 4.69) is 30.2 Å². The zero-order valence-corrected chi connectivity index (χ0v) is 9.17. The van der Waals surface area contributed by atoms with Crippen molar-refractivity contribution in [2.24, 2.45) is 0 Å². The maximum atomic E-state index is 5.87. The number of nitrogens with one attached hydrogen (secondary N) is 2. The van der Waals surface area contributed by atoms with Crippen molar-refractivity contribution in [1.29, 1.82) is 0 Å². The molecular formula is C12H17N3. The first kappa shape index (κ1) is 10.1. The summed E-state index contributed by atoms with van der Waals surface area (Å²) in [7, 11) is 0. The largest absolute Gasteiger partial charge is 0.397 e. The molecule has 0 bridgehead atoms. The molecule has 0 aliphatic carbocycles. The highest BCUT2D eigenvalue weighted by molar-refractivity contribution is 5.92. The Labute approximate surface area is 89.7 Å². The standard InChI is InChI=1S/C12H17N3/c1-8(2)14-6-9-7-15-12-10(9)4-3-5-11(12)13/h3-5,7-8,14-15H,6,13H2,1-2H3. The molecule has 1 heterocycles. The minimum atomic E-state index is 0.496. The second kappa shape index (κ2) is 3.95. The molecule has 1 aromatic heterocycles. The van der Waals surface area contributed by atoms with Crippen molar-refractivity contribution in [3.8, 4) is 0 Å². The van der Waals surface area contributed by atoms with Crippen LogP contribution in [0.3, 0.4) is 0 Å². The molecule has 2 rings (SSSR count). The number of nitrogen functional groups attached to an aromatic ring is 1. The molecule has 0 saturated carbocycles. The summed E-state index contributed by atoms with van der Waals surface area (Å²) in [6.45, 7) is 5.16. The summed E-state index contributed by atoms with van der Waals surface area (Å²) >= 11 is 0. The highest BCUT2D eigenvalue weighted by Gasteiger charge is 2.05. The third-order valence-corrected chi connectivity index (χ3v) is 2.53. The molecule has 3 heteroatoms. The third-order valence-electron chi connectivity index (χ3n) is 2.53. The Kier molecular flexibility index (Phi) is 2.64. The van der Waals surface area contributed by atoms with Crippen LogP contribution in [0.1, 0.15) is 19.4 Å². The molecule has 0 spiro atoms. The van der Waals surface area contributed by atoms with Crippen LogP contribution < -0.4 is 11.1 Å². The Hall–Kier alpha value is -1.48. The first-order chi connectivity index (χ1) is 7.18. The van der Waals surface area contributed by atoms with Crippen molar-refractivity contribution in [3.63, 3.8) is 0 Å². The Morgan fingerprint density at radius 3 is 2.93 bits per heavy atom. The molecule has 0 unspecified atom stereocenters. The molecule has 0 aliphatic rings. The number of benzene rings is 1. The van der Waals surface area contributed by atoms with Crippen LogP contribution >= 0.6 is 0 Å². The summed E-state index contributed by atoms with van der Waals surface area (Å²) in [5.74, 6) is 0. The van der Waals surface area contributed by atoms with Crippen LogP contribution in [0.25, 0.3) is 10.9 Å². The molecule has 4 N–H and O–H groups in total. The van der Waals surface area contributed by atoms with E-state index in [0.29, 0.717) is 6.04 Å². The van der Waals surface area contributed by atoms with Gasteiger partial charge in [0.1, 0.15) is 0 Å². The summed E-state index contributed by atoms with van der Waals surface area (Å²) in [5, 5.41) is 4.61. The number of nitrogens with two attached hydrogens (primary N) is 1. The molecule has 0 aliphatic heterocycles. The van der Waals surface area contributed by atoms with E-state index in [1.54, 1.807) is 0 Å². The minimum absolute atomic E-state index is 0.496. The van der Waals surface area contributed by atoms with Gasteiger partial charge in [0.15, 0.2) is 0 Å². The van der Waals surface area contributed by atoms with Crippen molar-refractivity contribution in [2.75, 3.05) is 5.73 Å². The van der Waals surface area contributed by atoms with Gasteiger partial charge in [-0.1, -0.05) is 26.0 Å². The van der Waals surface area contributed by atoms with Crippen LogP contribution in [0.2, 0.25) is 0 Å². The van der Waals surface area contributed by atoms with Crippen molar-refractivity contribution < 1.29 is 0 Å². The fourth-order valence-electron chi connectivity index (χ4n) is 1.70. The smallest absolute Gasteiger partial charge is 0.0690 e. The SMILES string of the molecule is CC(C)NCc1c[nH]c2c(N)cccc12. The number of aromatic amines is 1. The van der Waals surface area contributed by atoms with Crippen LogP contribution in [0.15, 0.2) is 24.4 Å². The zero-order valence-electron chi connectivity index (χ0n) is 9.17. The number of fused-ring (bicyclic) bond motifs is 1. The molecule has 80 valence electrons. The molecule has 1 aromatic carbocycles. The Bertz CT molecular complexity index is 457. The predicted molar refractivity (Wildman–Crippen MR) is 64.7 cm³/mol. The predicted octanol–water partition coefficient (Wildman–Crippen LogP) is 2.25. The highest BCUT2D eigenvalue weighted by Crippen LogP contribution is 2.22. The molecule has 2 aromatic rings. The van der Waals surface area contributed by atoms with Gasteiger partial charge in [0.2, 0.25) is 0 Å². The number of anilines is 1. The van der Waals surface area contributed by atoms with E-state index >= 15 is 0 Å². The van der Waals surface area contributed by atoms with Crippen LogP contribution in [-0.4, -0.2) is 11.0 Å². The van der Waals surface area contributed by atoms with Crippen molar-refractivity contribution >= 4 is 16.6 Å². The zero-order chi connectivity index (χ0) is 10.8. The quantitative estimate of drug-likeness (QED) is 0.670. The van der Waals surface area contributed by atoms with Gasteiger partial charge in [-0.2, -0.15) is 0 Å². The molecule has 15 heavy (non-hydrogen) atoms. The number of rotatable bonds is 3. The fraction of sp³-hybridized carbons (Fsp3) is 0.333. The van der Waals surface area contributed by atoms with Crippen LogP contribution in [0.5, 0.6) is 0 Å². The fourth-order valence-corrected chi connectivity index (χ4v) is 1.70.